The Morgan fingerprint density at radius 2 is 2.06 bits per heavy atom. The molecule has 10 heteroatoms. The number of nitrogen functional groups attached to an aromatic ring is 1. The lowest BCUT2D eigenvalue weighted by molar-refractivity contribution is -0.120. The lowest BCUT2D eigenvalue weighted by atomic mass is 9.85. The zero-order valence-electron chi connectivity index (χ0n) is 17.7. The summed E-state index contributed by atoms with van der Waals surface area (Å²) in [4.78, 5) is 26.2. The van der Waals surface area contributed by atoms with E-state index in [0.717, 1.165) is 31.4 Å². The summed E-state index contributed by atoms with van der Waals surface area (Å²) in [6, 6.07) is 9.40. The number of nitrogens with zero attached hydrogens (tertiary/aromatic N) is 5. The Kier molecular flexibility index (Phi) is 5.18. The van der Waals surface area contributed by atoms with Crippen LogP contribution in [0.5, 0.6) is 5.75 Å². The Bertz CT molecular complexity index is 1240. The van der Waals surface area contributed by atoms with Gasteiger partial charge in [0.05, 0.1) is 13.4 Å². The van der Waals surface area contributed by atoms with Crippen LogP contribution in [0.4, 0.5) is 11.5 Å². The molecule has 10 nitrogen and oxygen atoms in total. The molecule has 0 unspecified atom stereocenters. The number of ether oxygens (including phenoxy) is 1. The molecule has 3 aromatic heterocycles. The maximum absolute atomic E-state index is 12.8. The Labute approximate surface area is 184 Å². The van der Waals surface area contributed by atoms with Gasteiger partial charge in [0.1, 0.15) is 17.0 Å². The van der Waals surface area contributed by atoms with Gasteiger partial charge in [-0.05, 0) is 43.9 Å². The predicted molar refractivity (Wildman–Crippen MR) is 120 cm³/mol. The quantitative estimate of drug-likeness (QED) is 0.440. The molecule has 32 heavy (non-hydrogen) atoms. The van der Waals surface area contributed by atoms with Crippen LogP contribution in [0, 0.1) is 5.92 Å². The molecule has 1 aliphatic rings. The van der Waals surface area contributed by atoms with Crippen LogP contribution in [-0.4, -0.2) is 42.7 Å². The first-order valence-electron chi connectivity index (χ1n) is 10.6. The van der Waals surface area contributed by atoms with Crippen LogP contribution >= 0.6 is 0 Å². The number of hydrogen-bond acceptors (Lipinski definition) is 7. The number of rotatable bonds is 5. The molecule has 1 aromatic carbocycles. The number of carbonyl (C=O) groups excluding carboxylic acids is 1. The molecule has 1 aliphatic carbocycles. The van der Waals surface area contributed by atoms with Gasteiger partial charge in [-0.15, -0.1) is 0 Å². The van der Waals surface area contributed by atoms with E-state index >= 15 is 0 Å². The maximum atomic E-state index is 12.8. The normalized spacial score (nSPS) is 18.5. The number of aromatic nitrogens is 6. The second-order valence-corrected chi connectivity index (χ2v) is 7.94. The van der Waals surface area contributed by atoms with Gasteiger partial charge in [0.25, 0.3) is 0 Å². The summed E-state index contributed by atoms with van der Waals surface area (Å²) in [6.07, 6.45) is 6.76. The summed E-state index contributed by atoms with van der Waals surface area (Å²) in [5, 5.41) is 9.93. The SMILES string of the molecule is COc1cccc(NC(=O)[C@H]2CC[C@@H](n3cnc4c(N)nc(-c5cc[nH]n5)nc43)CC2)c1. The minimum absolute atomic E-state index is 0.0356. The minimum Gasteiger partial charge on any atom is -0.497 e. The molecule has 4 aromatic rings. The van der Waals surface area contributed by atoms with Gasteiger partial charge < -0.3 is 20.4 Å². The Morgan fingerprint density at radius 1 is 1.22 bits per heavy atom. The van der Waals surface area contributed by atoms with Gasteiger partial charge >= 0.3 is 0 Å². The lowest BCUT2D eigenvalue weighted by Gasteiger charge is -2.28. The van der Waals surface area contributed by atoms with Crippen LogP contribution < -0.4 is 15.8 Å². The monoisotopic (exact) mass is 432 g/mol. The molecule has 0 aliphatic heterocycles. The first-order chi connectivity index (χ1) is 15.6. The highest BCUT2D eigenvalue weighted by Gasteiger charge is 2.29. The number of anilines is 2. The molecule has 1 amide bonds. The van der Waals surface area contributed by atoms with Crippen molar-refractivity contribution in [2.24, 2.45) is 5.92 Å². The van der Waals surface area contributed by atoms with Crippen molar-refractivity contribution in [1.82, 2.24) is 29.7 Å². The summed E-state index contributed by atoms with van der Waals surface area (Å²) < 4.78 is 7.28. The van der Waals surface area contributed by atoms with Crippen molar-refractivity contribution in [3.8, 4) is 17.3 Å². The lowest BCUT2D eigenvalue weighted by Crippen LogP contribution is -2.28. The van der Waals surface area contributed by atoms with Gasteiger partial charge in [-0.2, -0.15) is 5.10 Å². The van der Waals surface area contributed by atoms with Gasteiger partial charge in [0.2, 0.25) is 5.91 Å². The van der Waals surface area contributed by atoms with Crippen molar-refractivity contribution in [2.75, 3.05) is 18.2 Å². The molecular weight excluding hydrogens is 408 g/mol. The molecule has 3 heterocycles. The molecule has 5 rings (SSSR count). The second kappa shape index (κ2) is 8.29. The molecular formula is C22H24N8O2. The van der Waals surface area contributed by atoms with E-state index in [4.69, 9.17) is 10.5 Å². The van der Waals surface area contributed by atoms with Crippen LogP contribution in [0.25, 0.3) is 22.7 Å². The minimum atomic E-state index is -0.0356. The number of imidazole rings is 1. The van der Waals surface area contributed by atoms with E-state index in [-0.39, 0.29) is 17.9 Å². The topological polar surface area (TPSA) is 137 Å². The number of fused-ring (bicyclic) bond motifs is 1. The second-order valence-electron chi connectivity index (χ2n) is 7.94. The molecule has 0 bridgehead atoms. The summed E-state index contributed by atoms with van der Waals surface area (Å²) >= 11 is 0. The van der Waals surface area contributed by atoms with Crippen LogP contribution in [-0.2, 0) is 4.79 Å². The summed E-state index contributed by atoms with van der Waals surface area (Å²) in [5.41, 5.74) is 8.79. The molecule has 0 spiro atoms. The largest absolute Gasteiger partial charge is 0.497 e. The van der Waals surface area contributed by atoms with E-state index in [0.29, 0.717) is 34.2 Å². The number of methoxy groups -OCH3 is 1. The number of aromatic amines is 1. The third-order valence-corrected chi connectivity index (χ3v) is 5.98. The standard InChI is InChI=1S/C22H24N8O2/c1-32-16-4-2-3-14(11-16)26-22(31)13-5-7-15(8-6-13)30-12-24-18-19(23)27-20(28-21(18)30)17-9-10-25-29-17/h2-4,9-13,15H,5-8H2,1H3,(H,25,29)(H,26,31)(H2,23,27,28)/t13-,15+. The number of carbonyl (C=O) groups is 1. The number of benzene rings is 1. The summed E-state index contributed by atoms with van der Waals surface area (Å²) in [5.74, 6) is 1.52. The molecule has 164 valence electrons. The smallest absolute Gasteiger partial charge is 0.227 e. The van der Waals surface area contributed by atoms with E-state index in [1.54, 1.807) is 25.7 Å². The fourth-order valence-electron chi connectivity index (χ4n) is 4.27. The van der Waals surface area contributed by atoms with Crippen molar-refractivity contribution in [3.05, 3.63) is 42.9 Å². The van der Waals surface area contributed by atoms with E-state index < -0.39 is 0 Å². The average molecular weight is 432 g/mol. The van der Waals surface area contributed by atoms with Crippen molar-refractivity contribution in [1.29, 1.82) is 0 Å². The Hall–Kier alpha value is -3.95. The number of amides is 1. The zero-order valence-corrected chi connectivity index (χ0v) is 17.7. The van der Waals surface area contributed by atoms with Gasteiger partial charge in [-0.1, -0.05) is 6.07 Å². The third kappa shape index (κ3) is 3.75. The molecule has 0 atom stereocenters. The van der Waals surface area contributed by atoms with Gasteiger partial charge in [-0.3, -0.25) is 9.89 Å². The highest BCUT2D eigenvalue weighted by atomic mass is 16.5. The fourth-order valence-corrected chi connectivity index (χ4v) is 4.27. The Morgan fingerprint density at radius 3 is 2.81 bits per heavy atom. The number of nitrogens with one attached hydrogen (secondary N) is 2. The Balaban J connectivity index is 1.30. The average Bonchev–Trinajstić information content (AvgIpc) is 3.50. The maximum Gasteiger partial charge on any atom is 0.227 e. The van der Waals surface area contributed by atoms with E-state index in [1.165, 1.54) is 0 Å². The van der Waals surface area contributed by atoms with E-state index in [2.05, 4.69) is 35.0 Å². The van der Waals surface area contributed by atoms with Crippen LogP contribution in [0.2, 0.25) is 0 Å². The first kappa shape index (κ1) is 20.0. The molecule has 0 radical (unpaired) electrons. The first-order valence-corrected chi connectivity index (χ1v) is 10.6. The number of hydrogen-bond donors (Lipinski definition) is 3. The third-order valence-electron chi connectivity index (χ3n) is 5.98. The van der Waals surface area contributed by atoms with Crippen molar-refractivity contribution in [2.45, 2.75) is 31.7 Å². The van der Waals surface area contributed by atoms with Crippen molar-refractivity contribution in [3.63, 3.8) is 0 Å². The van der Waals surface area contributed by atoms with Crippen LogP contribution in [0.1, 0.15) is 31.7 Å². The van der Waals surface area contributed by atoms with Gasteiger partial charge in [0.15, 0.2) is 17.3 Å². The van der Waals surface area contributed by atoms with E-state index in [9.17, 15) is 4.79 Å². The fraction of sp³-hybridized carbons (Fsp3) is 0.318. The number of nitrogens with two attached hydrogens (primary N) is 1. The molecule has 4 N–H and O–H groups in total. The van der Waals surface area contributed by atoms with Crippen LogP contribution in [0.15, 0.2) is 42.9 Å². The number of H-pyrrole nitrogens is 1. The molecule has 0 saturated heterocycles. The van der Waals surface area contributed by atoms with Gasteiger partial charge in [-0.25, -0.2) is 15.0 Å². The van der Waals surface area contributed by atoms with Crippen molar-refractivity contribution < 1.29 is 9.53 Å². The zero-order chi connectivity index (χ0) is 22.1. The molecule has 1 saturated carbocycles. The summed E-state index contributed by atoms with van der Waals surface area (Å²) in [7, 11) is 1.61. The molecule has 1 fully saturated rings. The highest BCUT2D eigenvalue weighted by Crippen LogP contribution is 2.35. The highest BCUT2D eigenvalue weighted by molar-refractivity contribution is 5.92. The summed E-state index contributed by atoms with van der Waals surface area (Å²) in [6.45, 7) is 0. The van der Waals surface area contributed by atoms with Gasteiger partial charge in [0, 0.05) is 29.9 Å². The predicted octanol–water partition coefficient (Wildman–Crippen LogP) is 3.18. The van der Waals surface area contributed by atoms with E-state index in [1.807, 2.05) is 24.3 Å². The van der Waals surface area contributed by atoms with Crippen molar-refractivity contribution >= 4 is 28.6 Å². The van der Waals surface area contributed by atoms with Crippen LogP contribution in [0.3, 0.4) is 0 Å².